The first kappa shape index (κ1) is 10.4. The van der Waals surface area contributed by atoms with Crippen LogP contribution in [0.1, 0.15) is 17.9 Å². The maximum atomic E-state index is 5.42. The second-order valence-corrected chi connectivity index (χ2v) is 3.87. The molecule has 0 aromatic carbocycles. The number of aromatic nitrogens is 2. The lowest BCUT2D eigenvalue weighted by molar-refractivity contribution is 0.152. The van der Waals surface area contributed by atoms with Gasteiger partial charge >= 0.3 is 0 Å². The number of nitrogens with zero attached hydrogens (tertiary/aromatic N) is 3. The van der Waals surface area contributed by atoms with E-state index in [0.29, 0.717) is 0 Å². The molecule has 1 aliphatic heterocycles. The Kier molecular flexibility index (Phi) is 3.16. The van der Waals surface area contributed by atoms with Gasteiger partial charge in [0.05, 0.1) is 6.61 Å². The van der Waals surface area contributed by atoms with Crippen LogP contribution in [0.4, 0.5) is 5.82 Å². The summed E-state index contributed by atoms with van der Waals surface area (Å²) in [6, 6.07) is 2.04. The number of ether oxygens (including phenoxy) is 1. The van der Waals surface area contributed by atoms with Gasteiger partial charge in [-0.2, -0.15) is 0 Å². The molecule has 0 bridgehead atoms. The highest BCUT2D eigenvalue weighted by atomic mass is 16.5. The molecule has 1 saturated heterocycles. The minimum absolute atomic E-state index is 0.794. The normalized spacial score (nSPS) is 17.6. The van der Waals surface area contributed by atoms with Gasteiger partial charge < -0.3 is 9.64 Å². The van der Waals surface area contributed by atoms with E-state index in [1.165, 1.54) is 0 Å². The van der Waals surface area contributed by atoms with E-state index in [9.17, 15) is 0 Å². The lowest BCUT2D eigenvalue weighted by Crippen LogP contribution is -2.27. The molecule has 2 rings (SSSR count). The highest BCUT2D eigenvalue weighted by Crippen LogP contribution is 2.14. The molecule has 1 fully saturated rings. The SMILES string of the molecule is Cc1cc(N2CCCOCC2)nc(C)n1. The van der Waals surface area contributed by atoms with E-state index in [1.54, 1.807) is 0 Å². The number of aryl methyl sites for hydroxylation is 2. The van der Waals surface area contributed by atoms with Crippen molar-refractivity contribution in [3.05, 3.63) is 17.6 Å². The summed E-state index contributed by atoms with van der Waals surface area (Å²) in [6.45, 7) is 7.55. The Morgan fingerprint density at radius 3 is 2.87 bits per heavy atom. The van der Waals surface area contributed by atoms with Gasteiger partial charge in [-0.3, -0.25) is 0 Å². The first-order chi connectivity index (χ1) is 7.25. The molecular weight excluding hydrogens is 190 g/mol. The summed E-state index contributed by atoms with van der Waals surface area (Å²) in [5.74, 6) is 1.88. The molecule has 0 spiro atoms. The molecule has 0 N–H and O–H groups in total. The van der Waals surface area contributed by atoms with Crippen molar-refractivity contribution in [2.45, 2.75) is 20.3 Å². The van der Waals surface area contributed by atoms with Crippen LogP contribution in [-0.2, 0) is 4.74 Å². The minimum atomic E-state index is 0.794. The Hall–Kier alpha value is -1.16. The number of hydrogen-bond acceptors (Lipinski definition) is 4. The molecule has 0 aliphatic carbocycles. The molecule has 2 heterocycles. The van der Waals surface area contributed by atoms with Crippen molar-refractivity contribution in [2.24, 2.45) is 0 Å². The quantitative estimate of drug-likeness (QED) is 0.696. The summed E-state index contributed by atoms with van der Waals surface area (Å²) in [4.78, 5) is 11.0. The van der Waals surface area contributed by atoms with E-state index in [4.69, 9.17) is 4.74 Å². The number of hydrogen-bond donors (Lipinski definition) is 0. The summed E-state index contributed by atoms with van der Waals surface area (Å²) in [6.07, 6.45) is 1.07. The minimum Gasteiger partial charge on any atom is -0.380 e. The fourth-order valence-electron chi connectivity index (χ4n) is 1.83. The highest BCUT2D eigenvalue weighted by molar-refractivity contribution is 5.39. The predicted octanol–water partition coefficient (Wildman–Crippen LogP) is 1.32. The third-order valence-corrected chi connectivity index (χ3v) is 2.50. The molecule has 1 aliphatic rings. The molecule has 4 nitrogen and oxygen atoms in total. The predicted molar refractivity (Wildman–Crippen MR) is 59.2 cm³/mol. The monoisotopic (exact) mass is 207 g/mol. The lowest BCUT2D eigenvalue weighted by Gasteiger charge is -2.21. The molecule has 4 heteroatoms. The zero-order chi connectivity index (χ0) is 10.7. The van der Waals surface area contributed by atoms with Crippen molar-refractivity contribution in [1.82, 2.24) is 9.97 Å². The van der Waals surface area contributed by atoms with Crippen LogP contribution in [0.3, 0.4) is 0 Å². The van der Waals surface area contributed by atoms with Crippen LogP contribution in [0.2, 0.25) is 0 Å². The van der Waals surface area contributed by atoms with Gasteiger partial charge in [0.1, 0.15) is 11.6 Å². The highest BCUT2D eigenvalue weighted by Gasteiger charge is 2.11. The number of rotatable bonds is 1. The zero-order valence-corrected chi connectivity index (χ0v) is 9.36. The standard InChI is InChI=1S/C11H17N3O/c1-9-8-11(13-10(2)12-9)14-4-3-6-15-7-5-14/h8H,3-7H2,1-2H3. The Bertz CT molecular complexity index is 312. The van der Waals surface area contributed by atoms with Crippen molar-refractivity contribution >= 4 is 5.82 Å². The van der Waals surface area contributed by atoms with Gasteiger partial charge in [-0.05, 0) is 20.3 Å². The van der Waals surface area contributed by atoms with Crippen LogP contribution in [0.25, 0.3) is 0 Å². The van der Waals surface area contributed by atoms with Gasteiger partial charge in [-0.1, -0.05) is 0 Å². The first-order valence-electron chi connectivity index (χ1n) is 5.41. The maximum Gasteiger partial charge on any atom is 0.132 e. The number of anilines is 1. The van der Waals surface area contributed by atoms with Crippen LogP contribution >= 0.6 is 0 Å². The molecule has 1 aromatic heterocycles. The van der Waals surface area contributed by atoms with Crippen LogP contribution in [0.5, 0.6) is 0 Å². The zero-order valence-electron chi connectivity index (χ0n) is 9.36. The molecule has 0 unspecified atom stereocenters. The largest absolute Gasteiger partial charge is 0.380 e. The van der Waals surface area contributed by atoms with Crippen LogP contribution < -0.4 is 4.90 Å². The molecule has 15 heavy (non-hydrogen) atoms. The van der Waals surface area contributed by atoms with Crippen molar-refractivity contribution in [3.63, 3.8) is 0 Å². The van der Waals surface area contributed by atoms with Gasteiger partial charge in [-0.25, -0.2) is 9.97 Å². The Labute approximate surface area is 90.3 Å². The molecule has 0 radical (unpaired) electrons. The van der Waals surface area contributed by atoms with Crippen LogP contribution in [-0.4, -0.2) is 36.3 Å². The fourth-order valence-corrected chi connectivity index (χ4v) is 1.83. The summed E-state index contributed by atoms with van der Waals surface area (Å²) in [5.41, 5.74) is 1.03. The fraction of sp³-hybridized carbons (Fsp3) is 0.636. The van der Waals surface area contributed by atoms with E-state index in [-0.39, 0.29) is 0 Å². The van der Waals surface area contributed by atoms with Gasteiger partial charge in [0.25, 0.3) is 0 Å². The maximum absolute atomic E-state index is 5.42. The molecule has 1 aromatic rings. The average molecular weight is 207 g/mol. The third-order valence-electron chi connectivity index (χ3n) is 2.50. The van der Waals surface area contributed by atoms with E-state index < -0.39 is 0 Å². The van der Waals surface area contributed by atoms with Gasteiger partial charge in [0.2, 0.25) is 0 Å². The first-order valence-corrected chi connectivity index (χ1v) is 5.41. The Morgan fingerprint density at radius 1 is 1.20 bits per heavy atom. The molecule has 0 amide bonds. The Balaban J connectivity index is 2.19. The van der Waals surface area contributed by atoms with E-state index in [0.717, 1.165) is 50.1 Å². The van der Waals surface area contributed by atoms with Crippen LogP contribution in [0, 0.1) is 13.8 Å². The average Bonchev–Trinajstić information content (AvgIpc) is 2.43. The molecular formula is C11H17N3O. The van der Waals surface area contributed by atoms with Crippen LogP contribution in [0.15, 0.2) is 6.07 Å². The Morgan fingerprint density at radius 2 is 2.07 bits per heavy atom. The van der Waals surface area contributed by atoms with Crippen molar-refractivity contribution < 1.29 is 4.74 Å². The summed E-state index contributed by atoms with van der Waals surface area (Å²) < 4.78 is 5.42. The van der Waals surface area contributed by atoms with E-state index in [2.05, 4.69) is 14.9 Å². The molecule has 0 atom stereocenters. The summed E-state index contributed by atoms with van der Waals surface area (Å²) in [7, 11) is 0. The summed E-state index contributed by atoms with van der Waals surface area (Å²) >= 11 is 0. The molecule has 0 saturated carbocycles. The van der Waals surface area contributed by atoms with Gasteiger partial charge in [0, 0.05) is 31.5 Å². The second-order valence-electron chi connectivity index (χ2n) is 3.87. The van der Waals surface area contributed by atoms with E-state index in [1.807, 2.05) is 19.9 Å². The van der Waals surface area contributed by atoms with Gasteiger partial charge in [-0.15, -0.1) is 0 Å². The smallest absolute Gasteiger partial charge is 0.132 e. The lowest BCUT2D eigenvalue weighted by atomic mass is 10.3. The third kappa shape index (κ3) is 2.65. The van der Waals surface area contributed by atoms with Crippen molar-refractivity contribution in [2.75, 3.05) is 31.2 Å². The van der Waals surface area contributed by atoms with Crippen molar-refractivity contribution in [1.29, 1.82) is 0 Å². The van der Waals surface area contributed by atoms with E-state index >= 15 is 0 Å². The topological polar surface area (TPSA) is 38.2 Å². The summed E-state index contributed by atoms with van der Waals surface area (Å²) in [5, 5.41) is 0. The van der Waals surface area contributed by atoms with Crippen molar-refractivity contribution in [3.8, 4) is 0 Å². The van der Waals surface area contributed by atoms with Gasteiger partial charge in [0.15, 0.2) is 0 Å². The molecule has 82 valence electrons. The second kappa shape index (κ2) is 4.57.